The van der Waals surface area contributed by atoms with Gasteiger partial charge in [-0.25, -0.2) is 0 Å². The fourth-order valence-electron chi connectivity index (χ4n) is 6.46. The van der Waals surface area contributed by atoms with Gasteiger partial charge >= 0.3 is 0 Å². The first-order valence-corrected chi connectivity index (χ1v) is 14.7. The van der Waals surface area contributed by atoms with E-state index >= 15 is 0 Å². The van der Waals surface area contributed by atoms with E-state index in [1.165, 1.54) is 97.1 Å². The minimum absolute atomic E-state index is 0.507. The lowest BCUT2D eigenvalue weighted by molar-refractivity contribution is -0.00404. The maximum Gasteiger partial charge on any atom is 0.0599 e. The maximum absolute atomic E-state index is 6.17. The van der Waals surface area contributed by atoms with Gasteiger partial charge in [0.05, 0.1) is 6.10 Å². The third-order valence-electron chi connectivity index (χ3n) is 9.22. The van der Waals surface area contributed by atoms with E-state index in [0.29, 0.717) is 12.1 Å². The molecule has 0 N–H and O–H groups in total. The first-order valence-electron chi connectivity index (χ1n) is 14.7. The number of nitrogens with zero attached hydrogens (tertiary/aromatic N) is 3. The normalized spacial score (nSPS) is 27.1. The van der Waals surface area contributed by atoms with Gasteiger partial charge in [-0.2, -0.15) is 0 Å². The van der Waals surface area contributed by atoms with Gasteiger partial charge in [0.1, 0.15) is 0 Å². The first kappa shape index (κ1) is 27.4. The van der Waals surface area contributed by atoms with Crippen LogP contribution >= 0.6 is 0 Å². The molecule has 3 aliphatic heterocycles. The van der Waals surface area contributed by atoms with Gasteiger partial charge in [-0.1, -0.05) is 27.7 Å². The monoisotopic (exact) mass is 463 g/mol. The molecule has 3 unspecified atom stereocenters. The highest BCUT2D eigenvalue weighted by Crippen LogP contribution is 2.29. The summed E-state index contributed by atoms with van der Waals surface area (Å²) < 4.78 is 6.17. The van der Waals surface area contributed by atoms with Crippen molar-refractivity contribution in [1.29, 1.82) is 0 Å². The molecule has 3 fully saturated rings. The van der Waals surface area contributed by atoms with Crippen LogP contribution in [0, 0.1) is 17.8 Å². The van der Waals surface area contributed by atoms with Crippen molar-refractivity contribution in [3.05, 3.63) is 0 Å². The summed E-state index contributed by atoms with van der Waals surface area (Å²) >= 11 is 0. The van der Waals surface area contributed by atoms with Gasteiger partial charge < -0.3 is 14.5 Å². The van der Waals surface area contributed by atoms with Crippen LogP contribution in [0.25, 0.3) is 0 Å². The second-order valence-corrected chi connectivity index (χ2v) is 12.5. The fraction of sp³-hybridized carbons (Fsp3) is 1.00. The highest BCUT2D eigenvalue weighted by molar-refractivity contribution is 4.88. The Morgan fingerprint density at radius 2 is 1.27 bits per heavy atom. The Morgan fingerprint density at radius 1 is 0.697 bits per heavy atom. The molecule has 3 atom stereocenters. The SMILES string of the molecule is CC(C)CCCOC1CCN(C(C)CCC(C)N2CCC(N3CCC(C(C)C)C3)CC2)CC1. The zero-order chi connectivity index (χ0) is 23.8. The molecule has 0 spiro atoms. The number of ether oxygens (including phenoxy) is 1. The van der Waals surface area contributed by atoms with Crippen molar-refractivity contribution < 1.29 is 4.74 Å². The molecule has 0 amide bonds. The van der Waals surface area contributed by atoms with Gasteiger partial charge in [0.25, 0.3) is 0 Å². The van der Waals surface area contributed by atoms with E-state index in [9.17, 15) is 0 Å². The minimum Gasteiger partial charge on any atom is -0.378 e. The van der Waals surface area contributed by atoms with E-state index in [0.717, 1.165) is 36.4 Å². The molecule has 0 aromatic rings. The number of hydrogen-bond acceptors (Lipinski definition) is 4. The summed E-state index contributed by atoms with van der Waals surface area (Å²) in [6, 6.07) is 2.30. The van der Waals surface area contributed by atoms with Gasteiger partial charge in [-0.3, -0.25) is 4.90 Å². The summed E-state index contributed by atoms with van der Waals surface area (Å²) in [6.45, 7) is 23.1. The molecule has 3 aliphatic rings. The van der Waals surface area contributed by atoms with Crippen molar-refractivity contribution >= 4 is 0 Å². The topological polar surface area (TPSA) is 19.0 Å². The largest absolute Gasteiger partial charge is 0.378 e. The molecule has 0 saturated carbocycles. The molecule has 194 valence electrons. The molecule has 3 heterocycles. The number of likely N-dealkylation sites (tertiary alicyclic amines) is 3. The lowest BCUT2D eigenvalue weighted by Gasteiger charge is -2.40. The third kappa shape index (κ3) is 8.78. The quantitative estimate of drug-likeness (QED) is 0.335. The Labute approximate surface area is 206 Å². The van der Waals surface area contributed by atoms with Gasteiger partial charge in [0, 0.05) is 44.4 Å². The van der Waals surface area contributed by atoms with Crippen LogP contribution in [-0.4, -0.2) is 84.8 Å². The summed E-state index contributed by atoms with van der Waals surface area (Å²) in [7, 11) is 0. The number of hydrogen-bond donors (Lipinski definition) is 0. The number of piperidine rings is 2. The van der Waals surface area contributed by atoms with Crippen LogP contribution < -0.4 is 0 Å². The van der Waals surface area contributed by atoms with Crippen molar-refractivity contribution in [2.75, 3.05) is 45.9 Å². The Hall–Kier alpha value is -0.160. The summed E-state index contributed by atoms with van der Waals surface area (Å²) in [5.41, 5.74) is 0. The average molecular weight is 464 g/mol. The maximum atomic E-state index is 6.17. The molecule has 4 heteroatoms. The van der Waals surface area contributed by atoms with E-state index in [4.69, 9.17) is 4.74 Å². The van der Waals surface area contributed by atoms with E-state index in [1.54, 1.807) is 0 Å². The zero-order valence-corrected chi connectivity index (χ0v) is 23.1. The Balaban J connectivity index is 1.27. The fourth-order valence-corrected chi connectivity index (χ4v) is 6.46. The van der Waals surface area contributed by atoms with E-state index in [2.05, 4.69) is 56.2 Å². The lowest BCUT2D eigenvalue weighted by Crippen LogP contribution is -2.47. The predicted octanol–water partition coefficient (Wildman–Crippen LogP) is 5.90. The van der Waals surface area contributed by atoms with Crippen LogP contribution in [0.3, 0.4) is 0 Å². The zero-order valence-electron chi connectivity index (χ0n) is 23.1. The highest BCUT2D eigenvalue weighted by atomic mass is 16.5. The molecule has 0 aromatic carbocycles. The summed E-state index contributed by atoms with van der Waals surface area (Å²) in [4.78, 5) is 8.34. The van der Waals surface area contributed by atoms with Crippen LogP contribution in [0.15, 0.2) is 0 Å². The molecular weight excluding hydrogens is 406 g/mol. The predicted molar refractivity (Wildman–Crippen MR) is 142 cm³/mol. The summed E-state index contributed by atoms with van der Waals surface area (Å²) in [6.07, 6.45) is 12.3. The Morgan fingerprint density at radius 3 is 1.79 bits per heavy atom. The van der Waals surface area contributed by atoms with Crippen LogP contribution in [-0.2, 0) is 4.74 Å². The van der Waals surface area contributed by atoms with E-state index in [-0.39, 0.29) is 0 Å². The average Bonchev–Trinajstić information content (AvgIpc) is 3.31. The molecular formula is C29H57N3O. The van der Waals surface area contributed by atoms with Crippen LogP contribution in [0.1, 0.15) is 99.3 Å². The van der Waals surface area contributed by atoms with Gasteiger partial charge in [-0.05, 0) is 109 Å². The van der Waals surface area contributed by atoms with Crippen LogP contribution in [0.2, 0.25) is 0 Å². The summed E-state index contributed by atoms with van der Waals surface area (Å²) in [5.74, 6) is 2.59. The molecule has 33 heavy (non-hydrogen) atoms. The van der Waals surface area contributed by atoms with Crippen LogP contribution in [0.5, 0.6) is 0 Å². The van der Waals surface area contributed by atoms with Crippen molar-refractivity contribution in [3.8, 4) is 0 Å². The van der Waals surface area contributed by atoms with Crippen molar-refractivity contribution in [2.45, 2.75) is 124 Å². The Bertz CT molecular complexity index is 523. The molecule has 0 aromatic heterocycles. The second kappa shape index (κ2) is 13.8. The van der Waals surface area contributed by atoms with Gasteiger partial charge in [-0.15, -0.1) is 0 Å². The van der Waals surface area contributed by atoms with Gasteiger partial charge in [0.2, 0.25) is 0 Å². The third-order valence-corrected chi connectivity index (χ3v) is 9.22. The summed E-state index contributed by atoms with van der Waals surface area (Å²) in [5, 5.41) is 0. The lowest BCUT2D eigenvalue weighted by atomic mass is 9.95. The van der Waals surface area contributed by atoms with Crippen LogP contribution in [0.4, 0.5) is 0 Å². The Kier molecular flexibility index (Phi) is 11.5. The smallest absolute Gasteiger partial charge is 0.0599 e. The molecule has 0 bridgehead atoms. The molecule has 3 saturated heterocycles. The van der Waals surface area contributed by atoms with Crippen molar-refractivity contribution in [1.82, 2.24) is 14.7 Å². The standard InChI is InChI=1S/C29H57N3O/c1-23(2)8-7-21-33-29-14-19-31(20-15-29)26(6)10-9-25(5)30-17-12-28(13-18-30)32-16-11-27(22-32)24(3)4/h23-29H,7-22H2,1-6H3. The second-order valence-electron chi connectivity index (χ2n) is 12.5. The molecule has 3 rings (SSSR count). The minimum atomic E-state index is 0.507. The first-order chi connectivity index (χ1) is 15.8. The van der Waals surface area contributed by atoms with Crippen molar-refractivity contribution in [2.24, 2.45) is 17.8 Å². The van der Waals surface area contributed by atoms with E-state index in [1.807, 2.05) is 0 Å². The van der Waals surface area contributed by atoms with E-state index < -0.39 is 0 Å². The van der Waals surface area contributed by atoms with Gasteiger partial charge in [0.15, 0.2) is 0 Å². The molecule has 0 aliphatic carbocycles. The number of rotatable bonds is 12. The molecule has 0 radical (unpaired) electrons. The highest BCUT2D eigenvalue weighted by Gasteiger charge is 2.32. The van der Waals surface area contributed by atoms with Crippen molar-refractivity contribution in [3.63, 3.8) is 0 Å². The molecule has 4 nitrogen and oxygen atoms in total.